The number of rotatable bonds is 7. The van der Waals surface area contributed by atoms with Gasteiger partial charge in [0.05, 0.1) is 28.7 Å². The fraction of sp³-hybridized carbons (Fsp3) is 0.0741. The Bertz CT molecular complexity index is 2120. The lowest BCUT2D eigenvalue weighted by molar-refractivity contribution is 0.414. The number of hydrogen-bond donors (Lipinski definition) is 3. The van der Waals surface area contributed by atoms with Crippen LogP contribution in [0.2, 0.25) is 0 Å². The molecule has 0 aliphatic rings. The summed E-state index contributed by atoms with van der Waals surface area (Å²) in [4.78, 5) is 21.3. The summed E-state index contributed by atoms with van der Waals surface area (Å²) in [5.74, 6) is -1.73. The van der Waals surface area contributed by atoms with Crippen LogP contribution >= 0.6 is 0 Å². The second kappa shape index (κ2) is 10.2. The van der Waals surface area contributed by atoms with E-state index in [4.69, 9.17) is 10.5 Å². The van der Waals surface area contributed by atoms with Crippen molar-refractivity contribution in [3.8, 4) is 11.7 Å². The molecular weight excluding hydrogens is 568 g/mol. The highest BCUT2D eigenvalue weighted by Crippen LogP contribution is 2.33. The van der Waals surface area contributed by atoms with Crippen molar-refractivity contribution in [2.45, 2.75) is 11.8 Å². The first-order valence-corrected chi connectivity index (χ1v) is 13.8. The van der Waals surface area contributed by atoms with Crippen LogP contribution in [0, 0.1) is 18.6 Å². The Balaban J connectivity index is 1.40. The van der Waals surface area contributed by atoms with E-state index < -0.39 is 33.0 Å². The molecule has 0 saturated carbocycles. The Morgan fingerprint density at radius 3 is 2.57 bits per heavy atom. The molecular formula is C27H21F2N9O3S. The number of nitrogens with two attached hydrogens (primary N) is 1. The van der Waals surface area contributed by atoms with Crippen LogP contribution in [0.25, 0.3) is 28.0 Å². The lowest BCUT2D eigenvalue weighted by atomic mass is 10.2. The molecule has 0 amide bonds. The molecule has 0 saturated heterocycles. The average Bonchev–Trinajstić information content (AvgIpc) is 3.41. The number of nitrogens with one attached hydrogen (secondary N) is 2. The van der Waals surface area contributed by atoms with Crippen LogP contribution in [-0.2, 0) is 10.0 Å². The van der Waals surface area contributed by atoms with Crippen LogP contribution in [0.5, 0.6) is 5.75 Å². The van der Waals surface area contributed by atoms with Gasteiger partial charge in [-0.2, -0.15) is 4.98 Å². The van der Waals surface area contributed by atoms with Crippen molar-refractivity contribution in [1.82, 2.24) is 29.5 Å². The summed E-state index contributed by atoms with van der Waals surface area (Å²) in [6, 6.07) is 13.5. The van der Waals surface area contributed by atoms with E-state index in [1.165, 1.54) is 31.6 Å². The molecule has 12 nitrogen and oxygen atoms in total. The van der Waals surface area contributed by atoms with E-state index in [2.05, 4.69) is 35.0 Å². The Kier molecular flexibility index (Phi) is 6.49. The second-order valence-electron chi connectivity index (χ2n) is 9.08. The molecule has 0 aliphatic carbocycles. The molecule has 0 radical (unpaired) electrons. The van der Waals surface area contributed by atoms with Crippen LogP contribution in [0.15, 0.2) is 72.1 Å². The van der Waals surface area contributed by atoms with Crippen LogP contribution in [0.1, 0.15) is 5.56 Å². The van der Waals surface area contributed by atoms with E-state index in [1.807, 2.05) is 24.3 Å². The zero-order chi connectivity index (χ0) is 29.6. The van der Waals surface area contributed by atoms with Crippen molar-refractivity contribution < 1.29 is 21.9 Å². The number of nitrogen functional groups attached to an aromatic ring is 1. The molecule has 3 heterocycles. The number of halogens is 2. The maximum atomic E-state index is 15.7. The Hall–Kier alpha value is -5.44. The highest BCUT2D eigenvalue weighted by molar-refractivity contribution is 7.92. The fourth-order valence-electron chi connectivity index (χ4n) is 4.39. The summed E-state index contributed by atoms with van der Waals surface area (Å²) in [7, 11) is -2.80. The first-order chi connectivity index (χ1) is 20.2. The minimum atomic E-state index is -4.25. The number of imidazole rings is 1. The van der Waals surface area contributed by atoms with Gasteiger partial charge in [0.25, 0.3) is 10.0 Å². The van der Waals surface area contributed by atoms with Gasteiger partial charge in [-0.25, -0.2) is 37.1 Å². The highest BCUT2D eigenvalue weighted by atomic mass is 32.2. The number of fused-ring (bicyclic) bond motifs is 2. The lowest BCUT2D eigenvalue weighted by Crippen LogP contribution is -2.16. The first-order valence-electron chi connectivity index (χ1n) is 12.3. The van der Waals surface area contributed by atoms with Gasteiger partial charge in [0.1, 0.15) is 40.9 Å². The van der Waals surface area contributed by atoms with Gasteiger partial charge in [-0.15, -0.1) is 0 Å². The van der Waals surface area contributed by atoms with Crippen LogP contribution < -0.4 is 20.5 Å². The summed E-state index contributed by atoms with van der Waals surface area (Å²) in [5.41, 5.74) is 6.97. The maximum absolute atomic E-state index is 15.7. The van der Waals surface area contributed by atoms with Gasteiger partial charge in [0.2, 0.25) is 5.95 Å². The third kappa shape index (κ3) is 4.64. The van der Waals surface area contributed by atoms with E-state index in [0.717, 1.165) is 18.5 Å². The smallest absolute Gasteiger partial charge is 0.262 e. The Labute approximate surface area is 237 Å². The molecule has 6 rings (SSSR count). The van der Waals surface area contributed by atoms with Crippen LogP contribution in [0.3, 0.4) is 0 Å². The topological polar surface area (TPSA) is 163 Å². The minimum absolute atomic E-state index is 0.00412. The molecule has 6 aromatic rings. The summed E-state index contributed by atoms with van der Waals surface area (Å²) >= 11 is 0. The Morgan fingerprint density at radius 1 is 0.976 bits per heavy atom. The van der Waals surface area contributed by atoms with E-state index in [0.29, 0.717) is 22.3 Å². The van der Waals surface area contributed by atoms with Gasteiger partial charge in [0.15, 0.2) is 17.5 Å². The third-order valence-corrected chi connectivity index (χ3v) is 7.94. The quantitative estimate of drug-likeness (QED) is 0.242. The number of benzene rings is 3. The number of methoxy groups -OCH3 is 1. The summed E-state index contributed by atoms with van der Waals surface area (Å²) < 4.78 is 65.7. The molecule has 0 spiro atoms. The maximum Gasteiger partial charge on any atom is 0.262 e. The summed E-state index contributed by atoms with van der Waals surface area (Å²) in [6.45, 7) is 1.57. The average molecular weight is 590 g/mol. The van der Waals surface area contributed by atoms with Gasteiger partial charge in [-0.3, -0.25) is 9.29 Å². The monoisotopic (exact) mass is 589 g/mol. The van der Waals surface area contributed by atoms with Crippen LogP contribution in [0.4, 0.5) is 31.8 Å². The zero-order valence-electron chi connectivity index (χ0n) is 22.0. The number of para-hydroxylation sites is 2. The number of aromatic nitrogens is 6. The summed E-state index contributed by atoms with van der Waals surface area (Å²) in [5, 5.41) is 2.59. The molecule has 15 heteroatoms. The molecule has 0 aliphatic heterocycles. The number of ether oxygens (including phenoxy) is 1. The van der Waals surface area contributed by atoms with E-state index in [1.54, 1.807) is 11.5 Å². The molecule has 212 valence electrons. The number of hydrogen-bond acceptors (Lipinski definition) is 10. The molecule has 42 heavy (non-hydrogen) atoms. The predicted molar refractivity (Wildman–Crippen MR) is 152 cm³/mol. The third-order valence-electron chi connectivity index (χ3n) is 6.42. The van der Waals surface area contributed by atoms with Crippen molar-refractivity contribution in [3.05, 3.63) is 84.4 Å². The van der Waals surface area contributed by atoms with E-state index in [9.17, 15) is 12.8 Å². The molecule has 4 N–H and O–H groups in total. The molecule has 0 atom stereocenters. The molecule has 3 aromatic heterocycles. The number of sulfonamides is 1. The molecule has 3 aromatic carbocycles. The fourth-order valence-corrected chi connectivity index (χ4v) is 5.68. The second-order valence-corrected chi connectivity index (χ2v) is 10.7. The highest BCUT2D eigenvalue weighted by Gasteiger charge is 2.23. The van der Waals surface area contributed by atoms with Crippen molar-refractivity contribution in [1.29, 1.82) is 0 Å². The van der Waals surface area contributed by atoms with Crippen molar-refractivity contribution in [3.63, 3.8) is 0 Å². The number of anilines is 4. The SMILES string of the molecule is COc1ccc(S(=O)(=O)Nc2ccc(F)c(Nc3ncnc4c(N)nc(-n5cnc6ccccc65)nc34)c2F)c(C)c1. The van der Waals surface area contributed by atoms with Crippen molar-refractivity contribution in [2.75, 3.05) is 22.9 Å². The Morgan fingerprint density at radius 2 is 1.79 bits per heavy atom. The first kappa shape index (κ1) is 26.8. The van der Waals surface area contributed by atoms with Crippen molar-refractivity contribution >= 4 is 55.1 Å². The van der Waals surface area contributed by atoms with E-state index in [-0.39, 0.29) is 33.5 Å². The van der Waals surface area contributed by atoms with E-state index >= 15 is 4.39 Å². The lowest BCUT2D eigenvalue weighted by Gasteiger charge is -2.15. The number of aryl methyl sites for hydroxylation is 1. The predicted octanol–water partition coefficient (Wildman–Crippen LogP) is 4.48. The van der Waals surface area contributed by atoms with Gasteiger partial charge in [-0.05, 0) is 55.0 Å². The standard InChI is InChI=1S/C27H21F2N9O3S/c1-14-11-15(41-2)7-10-20(14)42(39,40)37-18-9-8-16(28)22(21(18)29)34-26-24-23(31-12-32-26)25(30)36-27(35-24)38-13-33-17-5-3-4-6-19(17)38/h3-13,37H,1-2H3,(H2,30,35,36)(H,31,32,34). The van der Waals surface area contributed by atoms with Gasteiger partial charge >= 0.3 is 0 Å². The normalized spacial score (nSPS) is 11.6. The van der Waals surface area contributed by atoms with Crippen LogP contribution in [-0.4, -0.2) is 45.0 Å². The number of nitrogens with zero attached hydrogens (tertiary/aromatic N) is 6. The van der Waals surface area contributed by atoms with Gasteiger partial charge in [-0.1, -0.05) is 12.1 Å². The largest absolute Gasteiger partial charge is 0.497 e. The molecule has 0 unspecified atom stereocenters. The summed E-state index contributed by atoms with van der Waals surface area (Å²) in [6.07, 6.45) is 2.65. The van der Waals surface area contributed by atoms with Gasteiger partial charge < -0.3 is 15.8 Å². The zero-order valence-corrected chi connectivity index (χ0v) is 22.8. The molecule has 0 bridgehead atoms. The van der Waals surface area contributed by atoms with Crippen molar-refractivity contribution in [2.24, 2.45) is 0 Å². The van der Waals surface area contributed by atoms with Gasteiger partial charge in [0, 0.05) is 0 Å². The molecule has 0 fully saturated rings. The minimum Gasteiger partial charge on any atom is -0.497 e.